The van der Waals surface area contributed by atoms with Crippen LogP contribution in [0, 0.1) is 5.82 Å². The zero-order valence-corrected chi connectivity index (χ0v) is 19.7. The van der Waals surface area contributed by atoms with E-state index in [4.69, 9.17) is 9.47 Å². The molecule has 0 unspecified atom stereocenters. The zero-order valence-electron chi connectivity index (χ0n) is 18.1. The molecule has 0 N–H and O–H groups in total. The van der Waals surface area contributed by atoms with Gasteiger partial charge in [-0.1, -0.05) is 15.9 Å². The number of likely N-dealkylation sites (tertiary alicyclic amines) is 1. The number of Topliss-reactive ketones (excluding diaryl/α,β-unsaturated/α-hetero) is 1. The van der Waals surface area contributed by atoms with E-state index in [1.54, 1.807) is 27.7 Å². The minimum atomic E-state index is -1.62. The molecule has 1 aliphatic heterocycles. The number of carbonyl (C=O) groups excluding carboxylic acids is 3. The normalized spacial score (nSPS) is 19.8. The van der Waals surface area contributed by atoms with Crippen molar-refractivity contribution < 1.29 is 32.6 Å². The number of aromatic nitrogens is 2. The molecule has 3 rings (SSSR count). The molecule has 2 heterocycles. The highest BCUT2D eigenvalue weighted by Crippen LogP contribution is 2.29. The number of ketones is 1. The molecule has 0 spiro atoms. The first-order valence-electron chi connectivity index (χ1n) is 10.1. The monoisotopic (exact) mass is 515 g/mol. The Morgan fingerprint density at radius 2 is 2.00 bits per heavy atom. The minimum absolute atomic E-state index is 0.0184. The molecule has 1 aliphatic rings. The highest BCUT2D eigenvalue weighted by molar-refractivity contribution is 9.10. The van der Waals surface area contributed by atoms with E-state index in [1.165, 1.54) is 18.3 Å². The van der Waals surface area contributed by atoms with Crippen molar-refractivity contribution in [3.8, 4) is 0 Å². The lowest BCUT2D eigenvalue weighted by molar-refractivity contribution is -0.152. The first-order valence-corrected chi connectivity index (χ1v) is 10.9. The average molecular weight is 516 g/mol. The Morgan fingerprint density at radius 3 is 2.62 bits per heavy atom. The van der Waals surface area contributed by atoms with Gasteiger partial charge in [0.05, 0.1) is 30.1 Å². The SMILES string of the molecule is CCOC(=O)[C@@H](C(=O)[C@H]1C[C@@H](F)CN1C(=O)OC(C)(C)C)n1cc2c(F)cc(Br)cc2n1. The van der Waals surface area contributed by atoms with E-state index < -0.39 is 47.5 Å². The van der Waals surface area contributed by atoms with Crippen molar-refractivity contribution in [2.24, 2.45) is 0 Å². The average Bonchev–Trinajstić information content (AvgIpc) is 3.24. The van der Waals surface area contributed by atoms with Crippen molar-refractivity contribution in [2.45, 2.75) is 58.0 Å². The maximum Gasteiger partial charge on any atom is 0.411 e. The second kappa shape index (κ2) is 9.13. The van der Waals surface area contributed by atoms with E-state index in [-0.39, 0.29) is 30.5 Å². The Kier molecular flexibility index (Phi) is 6.87. The van der Waals surface area contributed by atoms with Crippen LogP contribution < -0.4 is 0 Å². The highest BCUT2D eigenvalue weighted by Gasteiger charge is 2.46. The fraction of sp³-hybridized carbons (Fsp3) is 0.524. The molecule has 0 aliphatic carbocycles. The number of alkyl halides is 1. The standard InChI is InChI=1S/C21H24BrF2N3O5/c1-5-31-19(29)17(27-10-13-14(24)6-11(22)7-15(13)25-27)18(28)16-8-12(23)9-26(16)20(30)32-21(2,3)4/h6-7,10,12,16-17H,5,8-9H2,1-4H3/t12-,16-,17-/m1/s1. The van der Waals surface area contributed by atoms with Gasteiger partial charge in [0.25, 0.3) is 0 Å². The fourth-order valence-electron chi connectivity index (χ4n) is 3.53. The number of benzene rings is 1. The Labute approximate surface area is 191 Å². The van der Waals surface area contributed by atoms with Crippen molar-refractivity contribution in [2.75, 3.05) is 13.2 Å². The largest absolute Gasteiger partial charge is 0.464 e. The molecule has 3 atom stereocenters. The van der Waals surface area contributed by atoms with Crippen molar-refractivity contribution in [3.63, 3.8) is 0 Å². The van der Waals surface area contributed by atoms with E-state index in [0.717, 1.165) is 9.58 Å². The van der Waals surface area contributed by atoms with Crippen LogP contribution in [0.5, 0.6) is 0 Å². The second-order valence-corrected chi connectivity index (χ2v) is 9.38. The third-order valence-corrected chi connectivity index (χ3v) is 5.27. The van der Waals surface area contributed by atoms with Crippen LogP contribution in [-0.2, 0) is 19.1 Å². The van der Waals surface area contributed by atoms with Gasteiger partial charge in [-0.2, -0.15) is 5.10 Å². The summed E-state index contributed by atoms with van der Waals surface area (Å²) < 4.78 is 40.4. The lowest BCUT2D eigenvalue weighted by atomic mass is 10.0. The highest BCUT2D eigenvalue weighted by atomic mass is 79.9. The number of ether oxygens (including phenoxy) is 2. The molecular formula is C21H24BrF2N3O5. The summed E-state index contributed by atoms with van der Waals surface area (Å²) in [6.07, 6.45) is -1.41. The summed E-state index contributed by atoms with van der Waals surface area (Å²) in [4.78, 5) is 39.7. The van der Waals surface area contributed by atoms with Crippen molar-refractivity contribution in [1.29, 1.82) is 0 Å². The molecule has 0 radical (unpaired) electrons. The van der Waals surface area contributed by atoms with Crippen molar-refractivity contribution in [1.82, 2.24) is 14.7 Å². The lowest BCUT2D eigenvalue weighted by Crippen LogP contribution is -2.47. The number of hydrogen-bond acceptors (Lipinski definition) is 6. The number of carbonyl (C=O) groups is 3. The van der Waals surface area contributed by atoms with Gasteiger partial charge in [-0.05, 0) is 39.8 Å². The molecule has 0 bridgehead atoms. The Morgan fingerprint density at radius 1 is 1.31 bits per heavy atom. The summed E-state index contributed by atoms with van der Waals surface area (Å²) in [5.74, 6) is -2.33. The number of esters is 1. The quantitative estimate of drug-likeness (QED) is 0.442. The Bertz CT molecular complexity index is 1050. The van der Waals surface area contributed by atoms with Crippen LogP contribution in [0.25, 0.3) is 10.9 Å². The number of halogens is 3. The van der Waals surface area contributed by atoms with Gasteiger partial charge in [0.15, 0.2) is 5.78 Å². The van der Waals surface area contributed by atoms with Crippen LogP contribution in [0.4, 0.5) is 13.6 Å². The van der Waals surface area contributed by atoms with Gasteiger partial charge < -0.3 is 9.47 Å². The van der Waals surface area contributed by atoms with Crippen LogP contribution in [0.1, 0.15) is 40.2 Å². The van der Waals surface area contributed by atoms with Crippen molar-refractivity contribution >= 4 is 44.7 Å². The molecule has 174 valence electrons. The summed E-state index contributed by atoms with van der Waals surface area (Å²) in [6, 6.07) is -0.134. The zero-order chi connectivity index (χ0) is 23.8. The number of nitrogens with zero attached hydrogens (tertiary/aromatic N) is 3. The number of amides is 1. The third-order valence-electron chi connectivity index (χ3n) is 4.81. The molecule has 32 heavy (non-hydrogen) atoms. The van der Waals surface area contributed by atoms with Gasteiger partial charge in [0.2, 0.25) is 6.04 Å². The molecule has 1 saturated heterocycles. The maximum absolute atomic E-state index is 14.3. The smallest absolute Gasteiger partial charge is 0.411 e. The molecule has 0 saturated carbocycles. The van der Waals surface area contributed by atoms with Gasteiger partial charge in [-0.25, -0.2) is 23.1 Å². The summed E-state index contributed by atoms with van der Waals surface area (Å²) in [5, 5.41) is 4.27. The van der Waals surface area contributed by atoms with Gasteiger partial charge in [0.1, 0.15) is 17.6 Å². The molecule has 1 aromatic carbocycles. The predicted octanol–water partition coefficient (Wildman–Crippen LogP) is 3.96. The van der Waals surface area contributed by atoms with Gasteiger partial charge in [-0.15, -0.1) is 0 Å². The van der Waals surface area contributed by atoms with E-state index >= 15 is 0 Å². The summed E-state index contributed by atoms with van der Waals surface area (Å²) in [6.45, 7) is 6.14. The van der Waals surface area contributed by atoms with E-state index in [2.05, 4.69) is 21.0 Å². The second-order valence-electron chi connectivity index (χ2n) is 8.47. The first kappa shape index (κ1) is 24.1. The van der Waals surface area contributed by atoms with E-state index in [9.17, 15) is 23.2 Å². The minimum Gasteiger partial charge on any atom is -0.464 e. The number of hydrogen-bond donors (Lipinski definition) is 0. The van der Waals surface area contributed by atoms with E-state index in [0.29, 0.717) is 4.47 Å². The predicted molar refractivity (Wildman–Crippen MR) is 114 cm³/mol. The molecule has 1 fully saturated rings. The molecular weight excluding hydrogens is 492 g/mol. The van der Waals surface area contributed by atoms with Crippen LogP contribution in [0.2, 0.25) is 0 Å². The molecule has 1 amide bonds. The topological polar surface area (TPSA) is 90.7 Å². The van der Waals surface area contributed by atoms with Crippen LogP contribution in [-0.4, -0.2) is 63.5 Å². The Balaban J connectivity index is 2.00. The molecule has 1 aromatic heterocycles. The van der Waals surface area contributed by atoms with Crippen LogP contribution >= 0.6 is 15.9 Å². The number of fused-ring (bicyclic) bond motifs is 1. The van der Waals surface area contributed by atoms with Gasteiger partial charge in [-0.3, -0.25) is 9.69 Å². The summed E-state index contributed by atoms with van der Waals surface area (Å²) in [5.41, 5.74) is -0.651. The first-order chi connectivity index (χ1) is 14.9. The van der Waals surface area contributed by atoms with Crippen LogP contribution in [0.3, 0.4) is 0 Å². The molecule has 11 heteroatoms. The lowest BCUT2D eigenvalue weighted by Gasteiger charge is -2.29. The Hall–Kier alpha value is -2.56. The summed E-state index contributed by atoms with van der Waals surface area (Å²) >= 11 is 3.17. The summed E-state index contributed by atoms with van der Waals surface area (Å²) in [7, 11) is 0. The molecule has 2 aromatic rings. The maximum atomic E-state index is 14.3. The van der Waals surface area contributed by atoms with E-state index in [1.807, 2.05) is 0 Å². The fourth-order valence-corrected chi connectivity index (χ4v) is 3.95. The number of rotatable bonds is 5. The van der Waals surface area contributed by atoms with Crippen LogP contribution in [0.15, 0.2) is 22.8 Å². The van der Waals surface area contributed by atoms with Gasteiger partial charge in [0, 0.05) is 17.1 Å². The molecule has 8 nitrogen and oxygen atoms in total. The third kappa shape index (κ3) is 5.08. The van der Waals surface area contributed by atoms with Crippen molar-refractivity contribution in [3.05, 3.63) is 28.6 Å². The van der Waals surface area contributed by atoms with Gasteiger partial charge >= 0.3 is 12.1 Å².